The van der Waals surface area contributed by atoms with Crippen molar-refractivity contribution in [3.05, 3.63) is 24.3 Å². The molecular weight excluding hydrogens is 349 g/mol. The van der Waals surface area contributed by atoms with E-state index in [2.05, 4.69) is 10.1 Å². The molecule has 1 unspecified atom stereocenters. The first-order valence-electron chi connectivity index (χ1n) is 7.17. The third-order valence-corrected chi connectivity index (χ3v) is 4.86. The largest absolute Gasteiger partial charge is 0.573 e. The van der Waals surface area contributed by atoms with Crippen molar-refractivity contribution >= 4 is 21.6 Å². The molecule has 1 fully saturated rings. The van der Waals surface area contributed by atoms with Crippen LogP contribution in [0.4, 0.5) is 18.9 Å². The predicted octanol–water partition coefficient (Wildman–Crippen LogP) is 2.20. The monoisotopic (exact) mass is 366 g/mol. The third-order valence-electron chi connectivity index (χ3n) is 3.59. The minimum Gasteiger partial charge on any atom is -0.404 e. The molecule has 1 N–H and O–H groups in total. The van der Waals surface area contributed by atoms with Crippen LogP contribution in [0, 0.1) is 5.92 Å². The molecule has 1 amide bonds. The Balaban J connectivity index is 2.10. The summed E-state index contributed by atoms with van der Waals surface area (Å²) in [5.41, 5.74) is -0.115. The van der Waals surface area contributed by atoms with Gasteiger partial charge in [0.1, 0.15) is 0 Å². The van der Waals surface area contributed by atoms with Crippen molar-refractivity contribution in [1.82, 2.24) is 4.31 Å². The molecule has 1 aliphatic rings. The number of rotatable bonds is 4. The summed E-state index contributed by atoms with van der Waals surface area (Å²) in [5, 5.41) is 2.39. The maximum atomic E-state index is 12.4. The third kappa shape index (κ3) is 5.10. The van der Waals surface area contributed by atoms with E-state index in [-0.39, 0.29) is 12.2 Å². The number of hydrogen-bond acceptors (Lipinski definition) is 4. The average Bonchev–Trinajstić information content (AvgIpc) is 2.47. The molecule has 6 nitrogen and oxygen atoms in total. The zero-order valence-corrected chi connectivity index (χ0v) is 13.7. The van der Waals surface area contributed by atoms with Gasteiger partial charge in [-0.3, -0.25) is 4.79 Å². The van der Waals surface area contributed by atoms with Gasteiger partial charge in [0.05, 0.1) is 17.9 Å². The Hall–Kier alpha value is -1.81. The molecule has 0 radical (unpaired) electrons. The van der Waals surface area contributed by atoms with E-state index in [0.717, 1.165) is 12.3 Å². The van der Waals surface area contributed by atoms with Crippen molar-refractivity contribution < 1.29 is 31.1 Å². The molecule has 134 valence electrons. The number of carbonyl (C=O) groups is 1. The summed E-state index contributed by atoms with van der Waals surface area (Å²) in [6, 6.07) is 5.19. The zero-order valence-electron chi connectivity index (χ0n) is 12.8. The Morgan fingerprint density at radius 2 is 2.00 bits per heavy atom. The molecule has 1 atom stereocenters. The molecule has 0 spiro atoms. The lowest BCUT2D eigenvalue weighted by Crippen LogP contribution is -2.43. The van der Waals surface area contributed by atoms with Crippen molar-refractivity contribution in [2.24, 2.45) is 5.92 Å². The molecule has 0 aliphatic carbocycles. The van der Waals surface area contributed by atoms with E-state index in [4.69, 9.17) is 0 Å². The van der Waals surface area contributed by atoms with Gasteiger partial charge >= 0.3 is 6.36 Å². The molecule has 1 aromatic carbocycles. The summed E-state index contributed by atoms with van der Waals surface area (Å²) < 4.78 is 65.4. The molecule has 1 saturated heterocycles. The Kier molecular flexibility index (Phi) is 5.38. The van der Waals surface area contributed by atoms with Crippen molar-refractivity contribution in [3.63, 3.8) is 0 Å². The average molecular weight is 366 g/mol. The van der Waals surface area contributed by atoms with Gasteiger partial charge in [0.2, 0.25) is 15.9 Å². The van der Waals surface area contributed by atoms with Crippen LogP contribution in [-0.4, -0.2) is 44.3 Å². The first-order chi connectivity index (χ1) is 11.1. The molecule has 0 aromatic heterocycles. The second kappa shape index (κ2) is 6.98. The van der Waals surface area contributed by atoms with Crippen LogP contribution >= 0.6 is 0 Å². The Labute approximate surface area is 137 Å². The van der Waals surface area contributed by atoms with Crippen LogP contribution in [0.15, 0.2) is 24.3 Å². The number of carbonyl (C=O) groups excluding carboxylic acids is 1. The van der Waals surface area contributed by atoms with E-state index in [9.17, 15) is 26.4 Å². The van der Waals surface area contributed by atoms with Gasteiger partial charge in [0, 0.05) is 13.1 Å². The molecule has 0 bridgehead atoms. The van der Waals surface area contributed by atoms with E-state index in [1.54, 1.807) is 0 Å². The topological polar surface area (TPSA) is 75.7 Å². The van der Waals surface area contributed by atoms with Gasteiger partial charge in [-0.1, -0.05) is 12.1 Å². The fourth-order valence-corrected chi connectivity index (χ4v) is 3.39. The summed E-state index contributed by atoms with van der Waals surface area (Å²) in [7, 11) is -3.42. The van der Waals surface area contributed by atoms with Crippen LogP contribution in [0.1, 0.15) is 12.8 Å². The number of para-hydroxylation sites is 2. The van der Waals surface area contributed by atoms with E-state index in [1.807, 2.05) is 0 Å². The van der Waals surface area contributed by atoms with Gasteiger partial charge in [-0.25, -0.2) is 12.7 Å². The number of anilines is 1. The summed E-state index contributed by atoms with van der Waals surface area (Å²) in [6.45, 7) is 0.337. The summed E-state index contributed by atoms with van der Waals surface area (Å²) >= 11 is 0. The molecule has 2 rings (SSSR count). The number of amides is 1. The maximum Gasteiger partial charge on any atom is 0.573 e. The highest BCUT2D eigenvalue weighted by Crippen LogP contribution is 2.31. The first kappa shape index (κ1) is 18.5. The lowest BCUT2D eigenvalue weighted by Gasteiger charge is -2.30. The van der Waals surface area contributed by atoms with E-state index in [0.29, 0.717) is 19.4 Å². The second-order valence-corrected chi connectivity index (χ2v) is 7.48. The summed E-state index contributed by atoms with van der Waals surface area (Å²) in [5.74, 6) is -1.69. The van der Waals surface area contributed by atoms with Crippen molar-refractivity contribution in [1.29, 1.82) is 0 Å². The van der Waals surface area contributed by atoms with Crippen molar-refractivity contribution in [2.75, 3.05) is 24.7 Å². The maximum absolute atomic E-state index is 12.4. The fraction of sp³-hybridized carbons (Fsp3) is 0.500. The minimum absolute atomic E-state index is 0.00691. The SMILES string of the molecule is CS(=O)(=O)N1CCCC(C(=O)Nc2ccccc2OC(F)(F)F)C1. The first-order valence-corrected chi connectivity index (χ1v) is 9.02. The lowest BCUT2D eigenvalue weighted by atomic mass is 9.98. The number of ether oxygens (including phenoxy) is 1. The Morgan fingerprint density at radius 3 is 2.62 bits per heavy atom. The smallest absolute Gasteiger partial charge is 0.404 e. The lowest BCUT2D eigenvalue weighted by molar-refractivity contribution is -0.274. The van der Waals surface area contributed by atoms with Crippen molar-refractivity contribution in [3.8, 4) is 5.75 Å². The second-order valence-electron chi connectivity index (χ2n) is 5.49. The number of nitrogens with zero attached hydrogens (tertiary/aromatic N) is 1. The van der Waals surface area contributed by atoms with Crippen LogP contribution in [-0.2, 0) is 14.8 Å². The molecule has 10 heteroatoms. The number of sulfonamides is 1. The van der Waals surface area contributed by atoms with Crippen LogP contribution in [0.25, 0.3) is 0 Å². The molecule has 24 heavy (non-hydrogen) atoms. The highest BCUT2D eigenvalue weighted by Gasteiger charge is 2.33. The number of alkyl halides is 3. The standard InChI is InChI=1S/C14H17F3N2O4S/c1-24(21,22)19-8-4-5-10(9-19)13(20)18-11-6-2-3-7-12(11)23-14(15,16)17/h2-3,6-7,10H,4-5,8-9H2,1H3,(H,18,20). The van der Waals surface area contributed by atoms with Gasteiger partial charge in [-0.2, -0.15) is 0 Å². The van der Waals surface area contributed by atoms with Crippen LogP contribution in [0.5, 0.6) is 5.75 Å². The highest BCUT2D eigenvalue weighted by atomic mass is 32.2. The highest BCUT2D eigenvalue weighted by molar-refractivity contribution is 7.88. The number of hydrogen-bond donors (Lipinski definition) is 1. The van der Waals surface area contributed by atoms with Crippen molar-refractivity contribution in [2.45, 2.75) is 19.2 Å². The normalized spacial score (nSPS) is 19.8. The van der Waals surface area contributed by atoms with Gasteiger partial charge in [-0.05, 0) is 25.0 Å². The van der Waals surface area contributed by atoms with Gasteiger partial charge in [0.25, 0.3) is 0 Å². The summed E-state index contributed by atoms with van der Waals surface area (Å²) in [6.07, 6.45) is -2.86. The fourth-order valence-electron chi connectivity index (χ4n) is 2.48. The van der Waals surface area contributed by atoms with Crippen LogP contribution in [0.2, 0.25) is 0 Å². The van der Waals surface area contributed by atoms with E-state index < -0.39 is 34.0 Å². The van der Waals surface area contributed by atoms with Gasteiger partial charge < -0.3 is 10.1 Å². The number of halogens is 3. The summed E-state index contributed by atoms with van der Waals surface area (Å²) in [4.78, 5) is 12.3. The minimum atomic E-state index is -4.88. The number of nitrogens with one attached hydrogen (secondary N) is 1. The zero-order chi connectivity index (χ0) is 18.0. The van der Waals surface area contributed by atoms with E-state index >= 15 is 0 Å². The van der Waals surface area contributed by atoms with Crippen LogP contribution in [0.3, 0.4) is 0 Å². The van der Waals surface area contributed by atoms with Gasteiger partial charge in [0.15, 0.2) is 5.75 Å². The molecule has 1 heterocycles. The van der Waals surface area contributed by atoms with Gasteiger partial charge in [-0.15, -0.1) is 13.2 Å². The molecule has 0 saturated carbocycles. The van der Waals surface area contributed by atoms with E-state index in [1.165, 1.54) is 22.5 Å². The molecule has 1 aromatic rings. The number of piperidine rings is 1. The molecule has 1 aliphatic heterocycles. The quantitative estimate of drug-likeness (QED) is 0.886. The van der Waals surface area contributed by atoms with Crippen LogP contribution < -0.4 is 10.1 Å². The predicted molar refractivity (Wildman–Crippen MR) is 80.9 cm³/mol. The Bertz CT molecular complexity index is 706. The molecular formula is C14H17F3N2O4S. The Morgan fingerprint density at radius 1 is 1.33 bits per heavy atom. The number of benzene rings is 1.